The Kier molecular flexibility index (Phi) is 2.42. The first-order valence-electron chi connectivity index (χ1n) is 4.55. The van der Waals surface area contributed by atoms with E-state index in [9.17, 15) is 13.2 Å². The summed E-state index contributed by atoms with van der Waals surface area (Å²) in [6.45, 7) is 1.17. The van der Waals surface area contributed by atoms with Gasteiger partial charge in [0.05, 0.1) is 18.9 Å². The van der Waals surface area contributed by atoms with Crippen LogP contribution in [0.1, 0.15) is 16.8 Å². The molecule has 15 heavy (non-hydrogen) atoms. The number of aryl methyl sites for hydroxylation is 1. The Morgan fingerprint density at radius 3 is 2.93 bits per heavy atom. The van der Waals surface area contributed by atoms with Gasteiger partial charge >= 0.3 is 0 Å². The molecule has 0 fully saturated rings. The topological polar surface area (TPSA) is 22.1 Å². The molecule has 0 aliphatic carbocycles. The second-order valence-corrected chi connectivity index (χ2v) is 3.66. The molecule has 82 valence electrons. The molecule has 1 aliphatic rings. The molecule has 2 nitrogen and oxygen atoms in total. The van der Waals surface area contributed by atoms with E-state index < -0.39 is 18.7 Å². The molecular formula is C10H10F3NO. The third-order valence-electron chi connectivity index (χ3n) is 2.45. The van der Waals surface area contributed by atoms with Gasteiger partial charge in [0.1, 0.15) is 0 Å². The van der Waals surface area contributed by atoms with Gasteiger partial charge in [0.15, 0.2) is 0 Å². The summed E-state index contributed by atoms with van der Waals surface area (Å²) in [6, 6.07) is 1.41. The highest BCUT2D eigenvalue weighted by Gasteiger charge is 2.46. The standard InChI is InChI=1S/C10H10F3NO/c1-6-2-7-8(14-3-6)4-15-5-10(7,13)9(11)12/h2-3,9H,4-5H2,1H3. The van der Waals surface area contributed by atoms with Crippen LogP contribution in [0.15, 0.2) is 12.3 Å². The minimum absolute atomic E-state index is 0.0382. The monoisotopic (exact) mass is 217 g/mol. The van der Waals surface area contributed by atoms with Crippen molar-refractivity contribution >= 4 is 0 Å². The number of rotatable bonds is 1. The molecule has 0 saturated heterocycles. The van der Waals surface area contributed by atoms with Crippen LogP contribution < -0.4 is 0 Å². The minimum atomic E-state index is -3.10. The number of halogens is 3. The molecule has 0 N–H and O–H groups in total. The van der Waals surface area contributed by atoms with Gasteiger partial charge in [-0.05, 0) is 18.6 Å². The van der Waals surface area contributed by atoms with Gasteiger partial charge in [0, 0.05) is 11.8 Å². The Labute approximate surface area is 85.1 Å². The number of aromatic nitrogens is 1. The molecule has 0 aromatic carbocycles. The fraction of sp³-hybridized carbons (Fsp3) is 0.500. The zero-order valence-corrected chi connectivity index (χ0v) is 8.14. The molecule has 0 spiro atoms. The van der Waals surface area contributed by atoms with Gasteiger partial charge in [0.2, 0.25) is 5.67 Å². The average Bonchev–Trinajstić information content (AvgIpc) is 2.19. The van der Waals surface area contributed by atoms with Crippen LogP contribution in [-0.2, 0) is 17.0 Å². The molecule has 0 saturated carbocycles. The molecule has 2 heterocycles. The summed E-state index contributed by atoms with van der Waals surface area (Å²) in [5.74, 6) is 0. The van der Waals surface area contributed by atoms with Crippen molar-refractivity contribution in [2.45, 2.75) is 25.6 Å². The number of hydrogen-bond acceptors (Lipinski definition) is 2. The lowest BCUT2D eigenvalue weighted by Crippen LogP contribution is -2.39. The Bertz CT molecular complexity index is 383. The Morgan fingerprint density at radius 1 is 1.53 bits per heavy atom. The highest BCUT2D eigenvalue weighted by molar-refractivity contribution is 5.32. The van der Waals surface area contributed by atoms with E-state index in [2.05, 4.69) is 4.98 Å². The number of alkyl halides is 3. The number of fused-ring (bicyclic) bond motifs is 1. The Morgan fingerprint density at radius 2 is 2.27 bits per heavy atom. The van der Waals surface area contributed by atoms with Crippen molar-refractivity contribution in [2.24, 2.45) is 0 Å². The number of ether oxygens (including phenoxy) is 1. The van der Waals surface area contributed by atoms with E-state index in [-0.39, 0.29) is 17.9 Å². The van der Waals surface area contributed by atoms with Crippen molar-refractivity contribution in [3.8, 4) is 0 Å². The largest absolute Gasteiger partial charge is 0.371 e. The van der Waals surface area contributed by atoms with Gasteiger partial charge in [-0.1, -0.05) is 0 Å². The molecule has 1 aromatic rings. The van der Waals surface area contributed by atoms with Gasteiger partial charge in [-0.25, -0.2) is 13.2 Å². The van der Waals surface area contributed by atoms with E-state index >= 15 is 0 Å². The lowest BCUT2D eigenvalue weighted by molar-refractivity contribution is -0.108. The SMILES string of the molecule is Cc1cnc2c(c1)C(F)(C(F)F)COC2. The molecule has 0 bridgehead atoms. The van der Waals surface area contributed by atoms with E-state index in [1.807, 2.05) is 0 Å². The lowest BCUT2D eigenvalue weighted by Gasteiger charge is -2.30. The van der Waals surface area contributed by atoms with E-state index in [0.29, 0.717) is 5.56 Å². The van der Waals surface area contributed by atoms with Crippen molar-refractivity contribution in [3.05, 3.63) is 29.1 Å². The summed E-state index contributed by atoms with van der Waals surface area (Å²) in [5, 5.41) is 0. The van der Waals surface area contributed by atoms with Crippen molar-refractivity contribution in [2.75, 3.05) is 6.61 Å². The van der Waals surface area contributed by atoms with Crippen LogP contribution in [-0.4, -0.2) is 18.0 Å². The number of nitrogens with zero attached hydrogens (tertiary/aromatic N) is 1. The maximum Gasteiger partial charge on any atom is 0.278 e. The molecule has 0 amide bonds. The highest BCUT2D eigenvalue weighted by Crippen LogP contribution is 2.38. The first-order chi connectivity index (χ1) is 7.04. The fourth-order valence-corrected chi connectivity index (χ4v) is 1.63. The van der Waals surface area contributed by atoms with Crippen molar-refractivity contribution in [1.29, 1.82) is 0 Å². The zero-order valence-electron chi connectivity index (χ0n) is 8.14. The van der Waals surface area contributed by atoms with Crippen LogP contribution in [0.3, 0.4) is 0 Å². The second-order valence-electron chi connectivity index (χ2n) is 3.66. The van der Waals surface area contributed by atoms with Gasteiger partial charge in [-0.15, -0.1) is 0 Å². The predicted octanol–water partition coefficient (Wildman–Crippen LogP) is 2.35. The van der Waals surface area contributed by atoms with E-state index in [1.165, 1.54) is 12.3 Å². The number of hydrogen-bond donors (Lipinski definition) is 0. The van der Waals surface area contributed by atoms with Gasteiger partial charge in [-0.2, -0.15) is 0 Å². The van der Waals surface area contributed by atoms with Crippen molar-refractivity contribution in [1.82, 2.24) is 4.98 Å². The summed E-state index contributed by atoms with van der Waals surface area (Å²) in [4.78, 5) is 3.90. The lowest BCUT2D eigenvalue weighted by atomic mass is 9.92. The van der Waals surface area contributed by atoms with Crippen molar-refractivity contribution in [3.63, 3.8) is 0 Å². The predicted molar refractivity (Wildman–Crippen MR) is 47.4 cm³/mol. The normalized spacial score (nSPS) is 25.4. The van der Waals surface area contributed by atoms with Crippen LogP contribution in [0.2, 0.25) is 0 Å². The van der Waals surface area contributed by atoms with Crippen LogP contribution in [0.4, 0.5) is 13.2 Å². The Balaban J connectivity index is 2.54. The van der Waals surface area contributed by atoms with Gasteiger partial charge in [0.25, 0.3) is 6.43 Å². The molecule has 1 unspecified atom stereocenters. The van der Waals surface area contributed by atoms with Crippen LogP contribution in [0.5, 0.6) is 0 Å². The summed E-state index contributed by atoms with van der Waals surface area (Å²) in [6.07, 6.45) is -1.58. The first-order valence-corrected chi connectivity index (χ1v) is 4.55. The van der Waals surface area contributed by atoms with E-state index in [1.54, 1.807) is 6.92 Å². The first kappa shape index (κ1) is 10.4. The summed E-state index contributed by atoms with van der Waals surface area (Å²) >= 11 is 0. The fourth-order valence-electron chi connectivity index (χ4n) is 1.63. The second kappa shape index (κ2) is 3.48. The molecule has 5 heteroatoms. The smallest absolute Gasteiger partial charge is 0.278 e. The van der Waals surface area contributed by atoms with Crippen molar-refractivity contribution < 1.29 is 17.9 Å². The maximum absolute atomic E-state index is 14.0. The molecule has 1 aromatic heterocycles. The highest BCUT2D eigenvalue weighted by atomic mass is 19.3. The number of pyridine rings is 1. The Hall–Kier alpha value is -1.10. The van der Waals surface area contributed by atoms with Crippen LogP contribution in [0.25, 0.3) is 0 Å². The maximum atomic E-state index is 14.0. The molecular weight excluding hydrogens is 207 g/mol. The average molecular weight is 217 g/mol. The molecule has 1 atom stereocenters. The molecule has 2 rings (SSSR count). The van der Waals surface area contributed by atoms with Gasteiger partial charge < -0.3 is 4.74 Å². The molecule has 0 radical (unpaired) electrons. The van der Waals surface area contributed by atoms with Crippen LogP contribution >= 0.6 is 0 Å². The summed E-state index contributed by atoms with van der Waals surface area (Å²) < 4.78 is 44.0. The summed E-state index contributed by atoms with van der Waals surface area (Å²) in [5.41, 5.74) is -1.83. The minimum Gasteiger partial charge on any atom is -0.371 e. The zero-order chi connectivity index (χ0) is 11.1. The van der Waals surface area contributed by atoms with Gasteiger partial charge in [-0.3, -0.25) is 4.98 Å². The third-order valence-corrected chi connectivity index (χ3v) is 2.45. The van der Waals surface area contributed by atoms with E-state index in [4.69, 9.17) is 4.74 Å². The third kappa shape index (κ3) is 1.61. The van der Waals surface area contributed by atoms with E-state index in [0.717, 1.165) is 0 Å². The van der Waals surface area contributed by atoms with Crippen LogP contribution in [0, 0.1) is 6.92 Å². The molecule has 1 aliphatic heterocycles. The summed E-state index contributed by atoms with van der Waals surface area (Å²) in [7, 11) is 0. The quantitative estimate of drug-likeness (QED) is 0.720.